The summed E-state index contributed by atoms with van der Waals surface area (Å²) in [5, 5.41) is 9.44. The summed E-state index contributed by atoms with van der Waals surface area (Å²) in [5.41, 5.74) is 1.30. The van der Waals surface area contributed by atoms with Crippen molar-refractivity contribution in [3.05, 3.63) is 29.6 Å². The molecule has 18 heavy (non-hydrogen) atoms. The van der Waals surface area contributed by atoms with Crippen molar-refractivity contribution in [3.63, 3.8) is 0 Å². The maximum atomic E-state index is 14.0. The summed E-state index contributed by atoms with van der Waals surface area (Å²) in [4.78, 5) is 2.12. The summed E-state index contributed by atoms with van der Waals surface area (Å²) in [6.45, 7) is 7.96. The SMILES string of the molecule is CC(C)C1CCN(c2ccc([C@@H](C)O)cc2F)C1. The van der Waals surface area contributed by atoms with E-state index in [9.17, 15) is 9.50 Å². The Labute approximate surface area is 108 Å². The number of aliphatic hydroxyl groups is 1. The van der Waals surface area contributed by atoms with Crippen molar-refractivity contribution in [1.29, 1.82) is 0 Å². The zero-order valence-electron chi connectivity index (χ0n) is 11.4. The van der Waals surface area contributed by atoms with Crippen LogP contribution in [-0.4, -0.2) is 18.2 Å². The molecule has 2 rings (SSSR count). The molecule has 1 N–H and O–H groups in total. The van der Waals surface area contributed by atoms with Crippen LogP contribution >= 0.6 is 0 Å². The highest BCUT2D eigenvalue weighted by atomic mass is 19.1. The van der Waals surface area contributed by atoms with Gasteiger partial charge in [-0.25, -0.2) is 4.39 Å². The third kappa shape index (κ3) is 2.66. The number of aliphatic hydroxyl groups excluding tert-OH is 1. The van der Waals surface area contributed by atoms with Gasteiger partial charge in [-0.1, -0.05) is 19.9 Å². The maximum absolute atomic E-state index is 14.0. The van der Waals surface area contributed by atoms with Gasteiger partial charge < -0.3 is 10.0 Å². The molecule has 1 fully saturated rings. The molecule has 0 bridgehead atoms. The second-order valence-electron chi connectivity index (χ2n) is 5.63. The van der Waals surface area contributed by atoms with Crippen LogP contribution < -0.4 is 4.90 Å². The van der Waals surface area contributed by atoms with E-state index in [1.165, 1.54) is 6.07 Å². The normalized spacial score (nSPS) is 21.7. The number of nitrogens with zero attached hydrogens (tertiary/aromatic N) is 1. The fraction of sp³-hybridized carbons (Fsp3) is 0.600. The van der Waals surface area contributed by atoms with Crippen LogP contribution in [0.2, 0.25) is 0 Å². The minimum absolute atomic E-state index is 0.224. The standard InChI is InChI=1S/C15H22FNO/c1-10(2)13-6-7-17(9-13)15-5-4-12(11(3)18)8-14(15)16/h4-5,8,10-11,13,18H,6-7,9H2,1-3H3/t11-,13?/m1/s1. The minimum Gasteiger partial charge on any atom is -0.389 e. The van der Waals surface area contributed by atoms with Crippen LogP contribution in [0.25, 0.3) is 0 Å². The molecule has 2 atom stereocenters. The van der Waals surface area contributed by atoms with Crippen molar-refractivity contribution >= 4 is 5.69 Å². The van der Waals surface area contributed by atoms with E-state index in [4.69, 9.17) is 0 Å². The second kappa shape index (κ2) is 5.27. The number of hydrogen-bond donors (Lipinski definition) is 1. The van der Waals surface area contributed by atoms with E-state index in [2.05, 4.69) is 18.7 Å². The van der Waals surface area contributed by atoms with Crippen LogP contribution in [-0.2, 0) is 0 Å². The molecule has 1 aliphatic heterocycles. The molecule has 1 saturated heterocycles. The van der Waals surface area contributed by atoms with E-state index in [1.807, 2.05) is 6.07 Å². The first-order chi connectivity index (χ1) is 8.49. The lowest BCUT2D eigenvalue weighted by atomic mass is 9.95. The lowest BCUT2D eigenvalue weighted by Crippen LogP contribution is -2.22. The zero-order valence-corrected chi connectivity index (χ0v) is 11.4. The molecule has 0 aromatic heterocycles. The Morgan fingerprint density at radius 2 is 2.06 bits per heavy atom. The van der Waals surface area contributed by atoms with E-state index >= 15 is 0 Å². The average molecular weight is 251 g/mol. The summed E-state index contributed by atoms with van der Waals surface area (Å²) < 4.78 is 14.0. The van der Waals surface area contributed by atoms with Crippen molar-refractivity contribution < 1.29 is 9.50 Å². The molecule has 0 spiro atoms. The number of anilines is 1. The molecule has 3 heteroatoms. The van der Waals surface area contributed by atoms with E-state index in [0.29, 0.717) is 23.1 Å². The van der Waals surface area contributed by atoms with Gasteiger partial charge in [0.1, 0.15) is 5.82 Å². The highest BCUT2D eigenvalue weighted by Crippen LogP contribution is 2.31. The largest absolute Gasteiger partial charge is 0.389 e. The number of halogens is 1. The van der Waals surface area contributed by atoms with Crippen LogP contribution in [0.4, 0.5) is 10.1 Å². The van der Waals surface area contributed by atoms with E-state index < -0.39 is 6.10 Å². The van der Waals surface area contributed by atoms with Crippen LogP contribution in [0.3, 0.4) is 0 Å². The van der Waals surface area contributed by atoms with Gasteiger partial charge in [-0.15, -0.1) is 0 Å². The summed E-state index contributed by atoms with van der Waals surface area (Å²) in [5.74, 6) is 1.08. The molecule has 0 saturated carbocycles. The fourth-order valence-electron chi connectivity index (χ4n) is 2.59. The number of benzene rings is 1. The first-order valence-corrected chi connectivity index (χ1v) is 6.71. The van der Waals surface area contributed by atoms with Gasteiger partial charge in [0.2, 0.25) is 0 Å². The van der Waals surface area contributed by atoms with Gasteiger partial charge in [-0.05, 0) is 42.9 Å². The van der Waals surface area contributed by atoms with Crippen molar-refractivity contribution in [2.75, 3.05) is 18.0 Å². The molecule has 100 valence electrons. The summed E-state index contributed by atoms with van der Waals surface area (Å²) in [6.07, 6.45) is 0.519. The van der Waals surface area contributed by atoms with E-state index in [-0.39, 0.29) is 5.82 Å². The monoisotopic (exact) mass is 251 g/mol. The predicted molar refractivity (Wildman–Crippen MR) is 72.2 cm³/mol. The molecule has 0 radical (unpaired) electrons. The maximum Gasteiger partial charge on any atom is 0.146 e. The fourth-order valence-corrected chi connectivity index (χ4v) is 2.59. The predicted octanol–water partition coefficient (Wildman–Crippen LogP) is 3.36. The first-order valence-electron chi connectivity index (χ1n) is 6.71. The average Bonchev–Trinajstić information content (AvgIpc) is 2.78. The highest BCUT2D eigenvalue weighted by Gasteiger charge is 2.26. The second-order valence-corrected chi connectivity index (χ2v) is 5.63. The first kappa shape index (κ1) is 13.3. The van der Waals surface area contributed by atoms with Gasteiger partial charge in [-0.2, -0.15) is 0 Å². The topological polar surface area (TPSA) is 23.5 Å². The van der Waals surface area contributed by atoms with Gasteiger partial charge in [0.25, 0.3) is 0 Å². The Morgan fingerprint density at radius 1 is 1.33 bits per heavy atom. The van der Waals surface area contributed by atoms with Crippen LogP contribution in [0.15, 0.2) is 18.2 Å². The van der Waals surface area contributed by atoms with E-state index in [0.717, 1.165) is 19.5 Å². The van der Waals surface area contributed by atoms with Gasteiger partial charge >= 0.3 is 0 Å². The van der Waals surface area contributed by atoms with Crippen molar-refractivity contribution in [1.82, 2.24) is 0 Å². The molecule has 1 aliphatic rings. The Bertz CT molecular complexity index is 417. The summed E-state index contributed by atoms with van der Waals surface area (Å²) in [7, 11) is 0. The summed E-state index contributed by atoms with van der Waals surface area (Å²) >= 11 is 0. The Kier molecular flexibility index (Phi) is 3.91. The van der Waals surface area contributed by atoms with Gasteiger partial charge in [-0.3, -0.25) is 0 Å². The molecule has 1 aromatic carbocycles. The lowest BCUT2D eigenvalue weighted by Gasteiger charge is -2.21. The van der Waals surface area contributed by atoms with Gasteiger partial charge in [0, 0.05) is 13.1 Å². The Hall–Kier alpha value is -1.09. The van der Waals surface area contributed by atoms with Crippen molar-refractivity contribution in [2.24, 2.45) is 11.8 Å². The quantitative estimate of drug-likeness (QED) is 0.890. The number of rotatable bonds is 3. The molecule has 1 heterocycles. The smallest absolute Gasteiger partial charge is 0.146 e. The lowest BCUT2D eigenvalue weighted by molar-refractivity contribution is 0.199. The highest BCUT2D eigenvalue weighted by molar-refractivity contribution is 5.50. The molecule has 0 amide bonds. The molecule has 1 aromatic rings. The van der Waals surface area contributed by atoms with Crippen LogP contribution in [0.1, 0.15) is 38.9 Å². The van der Waals surface area contributed by atoms with Crippen LogP contribution in [0, 0.1) is 17.7 Å². The Balaban J connectivity index is 2.15. The van der Waals surface area contributed by atoms with Gasteiger partial charge in [0.15, 0.2) is 0 Å². The zero-order chi connectivity index (χ0) is 13.3. The molecular weight excluding hydrogens is 229 g/mol. The molecule has 2 nitrogen and oxygen atoms in total. The van der Waals surface area contributed by atoms with Crippen molar-refractivity contribution in [3.8, 4) is 0 Å². The molecule has 1 unspecified atom stereocenters. The third-order valence-corrected chi connectivity index (χ3v) is 3.96. The van der Waals surface area contributed by atoms with Gasteiger partial charge in [0.05, 0.1) is 11.8 Å². The van der Waals surface area contributed by atoms with E-state index in [1.54, 1.807) is 13.0 Å². The molecule has 0 aliphatic carbocycles. The van der Waals surface area contributed by atoms with Crippen molar-refractivity contribution in [2.45, 2.75) is 33.3 Å². The minimum atomic E-state index is -0.615. The third-order valence-electron chi connectivity index (χ3n) is 3.96. The molecular formula is C15H22FNO. The summed E-state index contributed by atoms with van der Waals surface area (Å²) in [6, 6.07) is 5.05. The Morgan fingerprint density at radius 3 is 2.56 bits per heavy atom. The number of hydrogen-bond acceptors (Lipinski definition) is 2. The van der Waals surface area contributed by atoms with Crippen LogP contribution in [0.5, 0.6) is 0 Å².